The number of aliphatic hydroxyl groups is 1. The van der Waals surface area contributed by atoms with Gasteiger partial charge in [-0.3, -0.25) is 18.3 Å². The molecule has 4 aromatic rings. The van der Waals surface area contributed by atoms with Crippen LogP contribution >= 0.6 is 16.5 Å². The molecule has 7 heterocycles. The van der Waals surface area contributed by atoms with Crippen LogP contribution in [0.25, 0.3) is 22.3 Å². The predicted octanol–water partition coefficient (Wildman–Crippen LogP) is -0.0270. The molecule has 5 N–H and O–H groups in total. The second-order valence-electron chi connectivity index (χ2n) is 9.47. The maximum absolute atomic E-state index is 13.0. The van der Waals surface area contributed by atoms with Crippen molar-refractivity contribution >= 4 is 50.5 Å². The van der Waals surface area contributed by atoms with Gasteiger partial charge in [-0.05, 0) is 0 Å². The summed E-state index contributed by atoms with van der Waals surface area (Å²) in [5.74, 6) is 0.331. The number of nitrogens with zero attached hydrogens (tertiary/aromatic N) is 8. The Hall–Kier alpha value is -3.12. The van der Waals surface area contributed by atoms with Crippen molar-refractivity contribution in [2.24, 2.45) is 0 Å². The number of anilines is 2. The fourth-order valence-electron chi connectivity index (χ4n) is 5.13. The number of hydrogen-bond donors (Lipinski definition) is 3. The Morgan fingerprint density at radius 2 is 1.39 bits per heavy atom. The van der Waals surface area contributed by atoms with Gasteiger partial charge in [-0.25, -0.2) is 29.9 Å². The lowest BCUT2D eigenvalue weighted by Crippen LogP contribution is -2.35. The molecule has 3 aliphatic heterocycles. The Kier molecular flexibility index (Phi) is 6.93. The van der Waals surface area contributed by atoms with Crippen LogP contribution in [0.4, 0.5) is 11.6 Å². The lowest BCUT2D eigenvalue weighted by molar-refractivity contribution is -0.0562. The highest BCUT2D eigenvalue weighted by atomic mass is 31.1. The number of fused-ring (bicyclic) bond motifs is 5. The smallest absolute Gasteiger partial charge is 0.319 e. The van der Waals surface area contributed by atoms with Gasteiger partial charge in [0.2, 0.25) is 0 Å². The summed E-state index contributed by atoms with van der Waals surface area (Å²) in [4.78, 5) is 24.7. The third kappa shape index (κ3) is 4.78. The molecular formula is C20H24N10O9P2. The van der Waals surface area contributed by atoms with Gasteiger partial charge in [0.25, 0.3) is 0 Å². The molecule has 41 heavy (non-hydrogen) atoms. The number of nitrogens with two attached hydrogens (primary N) is 2. The van der Waals surface area contributed by atoms with Crippen LogP contribution in [0.2, 0.25) is 0 Å². The minimum Gasteiger partial charge on any atom is -0.386 e. The maximum atomic E-state index is 13.0. The van der Waals surface area contributed by atoms with Crippen LogP contribution in [-0.4, -0.2) is 87.9 Å². The summed E-state index contributed by atoms with van der Waals surface area (Å²) in [5, 5.41) is 11.1. The van der Waals surface area contributed by atoms with Crippen LogP contribution in [0.5, 0.6) is 0 Å². The van der Waals surface area contributed by atoms with E-state index >= 15 is 0 Å². The summed E-state index contributed by atoms with van der Waals surface area (Å²) in [6, 6.07) is 0. The van der Waals surface area contributed by atoms with Gasteiger partial charge in [-0.2, -0.15) is 0 Å². The normalized spacial score (nSPS) is 34.7. The molecule has 4 aromatic heterocycles. The molecule has 0 radical (unpaired) electrons. The number of aromatic nitrogens is 8. The van der Waals surface area contributed by atoms with Crippen molar-refractivity contribution in [3.05, 3.63) is 25.3 Å². The largest absolute Gasteiger partial charge is 0.386 e. The van der Waals surface area contributed by atoms with Crippen molar-refractivity contribution in [3.8, 4) is 0 Å². The zero-order valence-electron chi connectivity index (χ0n) is 20.9. The molecule has 0 amide bonds. The topological polar surface area (TPSA) is 249 Å². The van der Waals surface area contributed by atoms with Crippen LogP contribution in [0.15, 0.2) is 25.3 Å². The molecule has 3 aliphatic rings. The predicted molar refractivity (Wildman–Crippen MR) is 138 cm³/mol. The fraction of sp³-hybridized carbons (Fsp3) is 0.500. The van der Waals surface area contributed by atoms with Crippen molar-refractivity contribution in [2.45, 2.75) is 49.4 Å². The molecule has 2 bridgehead atoms. The molecule has 0 aliphatic carbocycles. The minimum absolute atomic E-state index is 0.139. The Balaban J connectivity index is 1.13. The summed E-state index contributed by atoms with van der Waals surface area (Å²) >= 11 is 0. The van der Waals surface area contributed by atoms with E-state index in [2.05, 4.69) is 29.9 Å². The van der Waals surface area contributed by atoms with E-state index in [4.69, 9.17) is 39.0 Å². The molecule has 9 atom stereocenters. The van der Waals surface area contributed by atoms with Crippen LogP contribution in [0.3, 0.4) is 0 Å². The van der Waals surface area contributed by atoms with E-state index < -0.39 is 59.5 Å². The van der Waals surface area contributed by atoms with Crippen molar-refractivity contribution in [2.75, 3.05) is 24.7 Å². The van der Waals surface area contributed by atoms with E-state index in [-0.39, 0.29) is 31.3 Å². The van der Waals surface area contributed by atoms with Gasteiger partial charge >= 0.3 is 16.5 Å². The zero-order chi connectivity index (χ0) is 28.2. The van der Waals surface area contributed by atoms with Gasteiger partial charge in [0.05, 0.1) is 32.0 Å². The maximum Gasteiger partial charge on any atom is 0.319 e. The van der Waals surface area contributed by atoms with E-state index in [0.717, 1.165) is 0 Å². The standard InChI is InChI=1S/C20H24N10O9P2/c21-15-11-17(25-4-23-15)29(6-27-11)19-9-1-8(36-19)2-34-41(33)39-14-10(3-35-40(32)38-9)37-20(13(14)31)30-7-28-12-16(22)24-5-26-18(12)30/h4-10,13-14,19-20,31,40-41H,1-3H2,(H2,21,23,25)(H2,22,24,26)/t8-,9+,10+,13+,14+,19+,20+/m0/s1. The first-order chi connectivity index (χ1) is 19.9. The molecule has 7 rings (SSSR count). The van der Waals surface area contributed by atoms with Crippen LogP contribution in [0, 0.1) is 0 Å². The van der Waals surface area contributed by atoms with Gasteiger partial charge in [0.15, 0.2) is 35.4 Å². The van der Waals surface area contributed by atoms with Gasteiger partial charge in [0, 0.05) is 6.42 Å². The van der Waals surface area contributed by atoms with E-state index in [0.29, 0.717) is 22.3 Å². The third-order valence-corrected chi connectivity index (χ3v) is 8.77. The first-order valence-corrected chi connectivity index (χ1v) is 14.8. The van der Waals surface area contributed by atoms with E-state index in [1.54, 1.807) is 4.57 Å². The molecule has 19 nitrogen and oxygen atoms in total. The summed E-state index contributed by atoms with van der Waals surface area (Å²) < 4.78 is 63.4. The number of rotatable bonds is 2. The number of hydrogen-bond acceptors (Lipinski definition) is 17. The van der Waals surface area contributed by atoms with Gasteiger partial charge in [-0.15, -0.1) is 0 Å². The zero-order valence-corrected chi connectivity index (χ0v) is 22.9. The van der Waals surface area contributed by atoms with Crippen molar-refractivity contribution in [3.63, 3.8) is 0 Å². The van der Waals surface area contributed by atoms with E-state index in [9.17, 15) is 14.2 Å². The molecule has 2 unspecified atom stereocenters. The average Bonchev–Trinajstić information content (AvgIpc) is 3.72. The van der Waals surface area contributed by atoms with Gasteiger partial charge in [-0.1, -0.05) is 0 Å². The number of nitrogen functional groups attached to an aromatic ring is 2. The first-order valence-electron chi connectivity index (χ1n) is 12.4. The minimum atomic E-state index is -3.17. The third-order valence-electron chi connectivity index (χ3n) is 7.01. The Labute approximate surface area is 231 Å². The van der Waals surface area contributed by atoms with Gasteiger partial charge in [0.1, 0.15) is 48.1 Å². The Bertz CT molecular complexity index is 1650. The van der Waals surface area contributed by atoms with E-state index in [1.165, 1.54) is 29.9 Å². The molecule has 3 fully saturated rings. The van der Waals surface area contributed by atoms with Crippen LogP contribution in [-0.2, 0) is 36.7 Å². The summed E-state index contributed by atoms with van der Waals surface area (Å²) in [6.07, 6.45) is -1.23. The lowest BCUT2D eigenvalue weighted by Gasteiger charge is -2.23. The van der Waals surface area contributed by atoms with Gasteiger partial charge < -0.3 is 44.1 Å². The van der Waals surface area contributed by atoms with Crippen molar-refractivity contribution in [1.29, 1.82) is 0 Å². The Morgan fingerprint density at radius 1 is 0.780 bits per heavy atom. The highest BCUT2D eigenvalue weighted by Crippen LogP contribution is 2.44. The quantitative estimate of drug-likeness (QED) is 0.252. The number of ether oxygens (including phenoxy) is 2. The number of imidazole rings is 2. The van der Waals surface area contributed by atoms with Crippen molar-refractivity contribution < 1.29 is 41.8 Å². The highest BCUT2D eigenvalue weighted by molar-refractivity contribution is 7.33. The second-order valence-corrected chi connectivity index (χ2v) is 11.5. The first kappa shape index (κ1) is 26.8. The molecule has 0 aromatic carbocycles. The molecule has 21 heteroatoms. The molecular weight excluding hydrogens is 586 g/mol. The van der Waals surface area contributed by atoms with Crippen LogP contribution in [0.1, 0.15) is 18.9 Å². The molecule has 218 valence electrons. The van der Waals surface area contributed by atoms with Crippen LogP contribution < -0.4 is 11.5 Å². The highest BCUT2D eigenvalue weighted by Gasteiger charge is 2.48. The van der Waals surface area contributed by atoms with E-state index in [1.807, 2.05) is 0 Å². The molecule has 0 spiro atoms. The molecule has 3 saturated heterocycles. The lowest BCUT2D eigenvalue weighted by atomic mass is 10.1. The average molecular weight is 610 g/mol. The Morgan fingerprint density at radius 3 is 2.07 bits per heavy atom. The second kappa shape index (κ2) is 10.6. The number of aliphatic hydroxyl groups excluding tert-OH is 1. The SMILES string of the molecule is Nc1ncnc2c1ncn2[C@@H]1O[C@@H]2CO[PH](=O)O[C@@H]3C[C@@H](CO[PH](=O)O[C@H]2[C@H]1O)O[C@H]3n1cnc2c(N)ncnc21. The molecule has 0 saturated carbocycles. The summed E-state index contributed by atoms with van der Waals surface area (Å²) in [5.41, 5.74) is 13.1. The van der Waals surface area contributed by atoms with Crippen molar-refractivity contribution in [1.82, 2.24) is 39.0 Å². The summed E-state index contributed by atoms with van der Waals surface area (Å²) in [7, 11) is -6.30. The summed E-state index contributed by atoms with van der Waals surface area (Å²) in [6.45, 7) is -0.464. The fourth-order valence-corrected chi connectivity index (χ4v) is 6.86. The monoisotopic (exact) mass is 610 g/mol.